The Kier molecular flexibility index (Phi) is 4.22. The van der Waals surface area contributed by atoms with Crippen LogP contribution in [0.4, 0.5) is 0 Å². The van der Waals surface area contributed by atoms with Gasteiger partial charge in [-0.15, -0.1) is 0 Å². The predicted octanol–water partition coefficient (Wildman–Crippen LogP) is 2.87. The van der Waals surface area contributed by atoms with E-state index in [9.17, 15) is 9.59 Å². The smallest absolute Gasteiger partial charge is 0.170 e. The Bertz CT molecular complexity index is 341. The first-order chi connectivity index (χ1) is 7.15. The van der Waals surface area contributed by atoms with Crippen LogP contribution in [0.5, 0.6) is 0 Å². The number of carbonyl (C=O) groups excluding carboxylic acids is 2. The molecule has 1 atom stereocenters. The van der Waals surface area contributed by atoms with Gasteiger partial charge in [0.15, 0.2) is 5.78 Å². The van der Waals surface area contributed by atoms with E-state index in [0.717, 1.165) is 6.42 Å². The number of benzene rings is 1. The van der Waals surface area contributed by atoms with Crippen LogP contribution in [0, 0.1) is 5.92 Å². The molecule has 0 saturated heterocycles. The van der Waals surface area contributed by atoms with E-state index in [-0.39, 0.29) is 23.9 Å². The van der Waals surface area contributed by atoms with Crippen LogP contribution in [0.25, 0.3) is 0 Å². The Hall–Kier alpha value is -1.44. The van der Waals surface area contributed by atoms with Gasteiger partial charge in [-0.1, -0.05) is 44.2 Å². The van der Waals surface area contributed by atoms with Crippen molar-refractivity contribution in [1.82, 2.24) is 0 Å². The highest BCUT2D eigenvalue weighted by Crippen LogP contribution is 2.09. The monoisotopic (exact) mass is 204 g/mol. The second-order valence-corrected chi connectivity index (χ2v) is 3.74. The molecule has 2 heteroatoms. The first-order valence-electron chi connectivity index (χ1n) is 5.26. The normalized spacial score (nSPS) is 12.1. The Morgan fingerprint density at radius 3 is 2.33 bits per heavy atom. The van der Waals surface area contributed by atoms with Gasteiger partial charge in [0.25, 0.3) is 0 Å². The van der Waals surface area contributed by atoms with Gasteiger partial charge in [-0.2, -0.15) is 0 Å². The molecule has 0 aliphatic heterocycles. The maximum atomic E-state index is 11.7. The molecule has 80 valence electrons. The summed E-state index contributed by atoms with van der Waals surface area (Å²) in [6.07, 6.45) is 0.819. The number of carbonyl (C=O) groups is 2. The van der Waals surface area contributed by atoms with E-state index in [2.05, 4.69) is 0 Å². The highest BCUT2D eigenvalue weighted by molar-refractivity contribution is 6.08. The summed E-state index contributed by atoms with van der Waals surface area (Å²) in [5, 5.41) is 0. The number of hydrogen-bond donors (Lipinski definition) is 0. The third-order valence-corrected chi connectivity index (χ3v) is 2.59. The van der Waals surface area contributed by atoms with Crippen molar-refractivity contribution in [3.63, 3.8) is 0 Å². The van der Waals surface area contributed by atoms with E-state index in [1.807, 2.05) is 19.9 Å². The number of ketones is 2. The lowest BCUT2D eigenvalue weighted by molar-refractivity contribution is -0.121. The molecule has 2 nitrogen and oxygen atoms in total. The Labute approximate surface area is 90.3 Å². The van der Waals surface area contributed by atoms with E-state index < -0.39 is 0 Å². The van der Waals surface area contributed by atoms with E-state index in [4.69, 9.17) is 0 Å². The maximum Gasteiger partial charge on any atom is 0.170 e. The van der Waals surface area contributed by atoms with Crippen molar-refractivity contribution in [3.05, 3.63) is 35.9 Å². The van der Waals surface area contributed by atoms with E-state index >= 15 is 0 Å². The number of hydrogen-bond acceptors (Lipinski definition) is 2. The van der Waals surface area contributed by atoms with Crippen LogP contribution in [0.1, 0.15) is 37.0 Å². The third kappa shape index (κ3) is 3.31. The van der Waals surface area contributed by atoms with Crippen molar-refractivity contribution in [2.24, 2.45) is 5.92 Å². The topological polar surface area (TPSA) is 34.1 Å². The molecular formula is C13H16O2. The van der Waals surface area contributed by atoms with Gasteiger partial charge < -0.3 is 0 Å². The molecule has 0 N–H and O–H groups in total. The third-order valence-electron chi connectivity index (χ3n) is 2.59. The van der Waals surface area contributed by atoms with Crippen molar-refractivity contribution in [2.45, 2.75) is 26.7 Å². The molecule has 0 fully saturated rings. The molecule has 0 saturated carbocycles. The molecule has 0 aromatic heterocycles. The molecular weight excluding hydrogens is 188 g/mol. The fourth-order valence-electron chi connectivity index (χ4n) is 1.29. The average Bonchev–Trinajstić information content (AvgIpc) is 2.29. The van der Waals surface area contributed by atoms with Crippen LogP contribution in [-0.2, 0) is 4.79 Å². The molecule has 0 aliphatic rings. The van der Waals surface area contributed by atoms with Crippen molar-refractivity contribution in [1.29, 1.82) is 0 Å². The molecule has 1 unspecified atom stereocenters. The second-order valence-electron chi connectivity index (χ2n) is 3.74. The Morgan fingerprint density at radius 1 is 1.20 bits per heavy atom. The molecule has 0 bridgehead atoms. The summed E-state index contributed by atoms with van der Waals surface area (Å²) in [6.45, 7) is 3.82. The largest absolute Gasteiger partial charge is 0.299 e. The standard InChI is InChI=1S/C13H16O2/c1-3-10(2)12(14)9-13(15)11-7-5-4-6-8-11/h4-8,10H,3,9H2,1-2H3. The lowest BCUT2D eigenvalue weighted by atomic mass is 9.97. The van der Waals surface area contributed by atoms with Crippen LogP contribution in [0.2, 0.25) is 0 Å². The zero-order chi connectivity index (χ0) is 11.3. The molecule has 0 aliphatic carbocycles. The Balaban J connectivity index is 2.61. The quantitative estimate of drug-likeness (QED) is 0.546. The number of Topliss-reactive ketones (excluding diaryl/α,β-unsaturated/α-hetero) is 2. The Morgan fingerprint density at radius 2 is 1.80 bits per heavy atom. The first-order valence-corrected chi connectivity index (χ1v) is 5.26. The summed E-state index contributed by atoms with van der Waals surface area (Å²) in [7, 11) is 0. The SMILES string of the molecule is CCC(C)C(=O)CC(=O)c1ccccc1. The van der Waals surface area contributed by atoms with Gasteiger partial charge in [0, 0.05) is 11.5 Å². The second kappa shape index (κ2) is 5.44. The van der Waals surface area contributed by atoms with Crippen LogP contribution >= 0.6 is 0 Å². The van der Waals surface area contributed by atoms with E-state index in [1.165, 1.54) is 0 Å². The minimum absolute atomic E-state index is 0.0161. The molecule has 0 heterocycles. The zero-order valence-electron chi connectivity index (χ0n) is 9.19. The fourth-order valence-corrected chi connectivity index (χ4v) is 1.29. The molecule has 0 spiro atoms. The minimum atomic E-state index is -0.0825. The van der Waals surface area contributed by atoms with Crippen LogP contribution < -0.4 is 0 Å². The van der Waals surface area contributed by atoms with Gasteiger partial charge in [-0.25, -0.2) is 0 Å². The highest BCUT2D eigenvalue weighted by Gasteiger charge is 2.15. The summed E-state index contributed by atoms with van der Waals surface area (Å²) in [5.74, 6) is -0.0649. The van der Waals surface area contributed by atoms with E-state index in [1.54, 1.807) is 24.3 Å². The average molecular weight is 204 g/mol. The van der Waals surface area contributed by atoms with Crippen molar-refractivity contribution >= 4 is 11.6 Å². The molecule has 1 aromatic rings. The van der Waals surface area contributed by atoms with Crippen molar-refractivity contribution in [3.8, 4) is 0 Å². The van der Waals surface area contributed by atoms with E-state index in [0.29, 0.717) is 5.56 Å². The van der Waals surface area contributed by atoms with Crippen molar-refractivity contribution < 1.29 is 9.59 Å². The number of rotatable bonds is 5. The lowest BCUT2D eigenvalue weighted by Crippen LogP contribution is -2.15. The summed E-state index contributed by atoms with van der Waals surface area (Å²) in [6, 6.07) is 8.95. The van der Waals surface area contributed by atoms with Gasteiger partial charge in [0.05, 0.1) is 6.42 Å². The highest BCUT2D eigenvalue weighted by atomic mass is 16.1. The summed E-state index contributed by atoms with van der Waals surface area (Å²) < 4.78 is 0. The van der Waals surface area contributed by atoms with Gasteiger partial charge in [0.1, 0.15) is 5.78 Å². The van der Waals surface area contributed by atoms with Gasteiger partial charge in [0.2, 0.25) is 0 Å². The molecule has 15 heavy (non-hydrogen) atoms. The van der Waals surface area contributed by atoms with Crippen LogP contribution in [-0.4, -0.2) is 11.6 Å². The summed E-state index contributed by atoms with van der Waals surface area (Å²) in [4.78, 5) is 23.2. The van der Waals surface area contributed by atoms with Gasteiger partial charge in [-0.3, -0.25) is 9.59 Å². The predicted molar refractivity (Wildman–Crippen MR) is 59.9 cm³/mol. The van der Waals surface area contributed by atoms with Gasteiger partial charge in [-0.05, 0) is 6.42 Å². The minimum Gasteiger partial charge on any atom is -0.299 e. The summed E-state index contributed by atoms with van der Waals surface area (Å²) >= 11 is 0. The molecule has 0 radical (unpaired) electrons. The van der Waals surface area contributed by atoms with Gasteiger partial charge >= 0.3 is 0 Å². The summed E-state index contributed by atoms with van der Waals surface area (Å²) in [5.41, 5.74) is 0.620. The van der Waals surface area contributed by atoms with Crippen LogP contribution in [0.15, 0.2) is 30.3 Å². The first kappa shape index (κ1) is 11.6. The molecule has 0 amide bonds. The fraction of sp³-hybridized carbons (Fsp3) is 0.385. The lowest BCUT2D eigenvalue weighted by Gasteiger charge is -2.06. The van der Waals surface area contributed by atoms with Crippen LogP contribution in [0.3, 0.4) is 0 Å². The maximum absolute atomic E-state index is 11.7. The van der Waals surface area contributed by atoms with Crippen molar-refractivity contribution in [2.75, 3.05) is 0 Å². The zero-order valence-corrected chi connectivity index (χ0v) is 9.19. The molecule has 1 rings (SSSR count). The molecule has 1 aromatic carbocycles.